The zero-order valence-electron chi connectivity index (χ0n) is 17.0. The van der Waals surface area contributed by atoms with Gasteiger partial charge in [0.1, 0.15) is 5.82 Å². The highest BCUT2D eigenvalue weighted by Crippen LogP contribution is 2.40. The average molecular weight is 409 g/mol. The molecule has 150 valence electrons. The van der Waals surface area contributed by atoms with Crippen molar-refractivity contribution < 1.29 is 9.59 Å². The van der Waals surface area contributed by atoms with E-state index in [4.69, 9.17) is 4.98 Å². The molecule has 1 aliphatic rings. The first-order chi connectivity index (χ1) is 13.9. The lowest BCUT2D eigenvalue weighted by molar-refractivity contribution is 0.0988. The molecule has 1 aromatic carbocycles. The molecular formula is C22H24N4O2S. The van der Waals surface area contributed by atoms with Crippen LogP contribution in [0.15, 0.2) is 35.5 Å². The largest absolute Gasteiger partial charge is 0.355 e. The van der Waals surface area contributed by atoms with E-state index in [1.807, 2.05) is 55.8 Å². The number of carbonyl (C=O) groups excluding carboxylic acids is 2. The number of hydrogen-bond donors (Lipinski definition) is 1. The van der Waals surface area contributed by atoms with Crippen molar-refractivity contribution in [3.63, 3.8) is 0 Å². The molecule has 7 heteroatoms. The number of aromatic nitrogens is 4. The van der Waals surface area contributed by atoms with Crippen LogP contribution in [0.25, 0.3) is 5.69 Å². The number of ketones is 2. The fourth-order valence-electron chi connectivity index (χ4n) is 3.66. The summed E-state index contributed by atoms with van der Waals surface area (Å²) in [7, 11) is 0. The van der Waals surface area contributed by atoms with Crippen LogP contribution in [0.1, 0.15) is 70.5 Å². The summed E-state index contributed by atoms with van der Waals surface area (Å²) >= 11 is 1.36. The Hall–Kier alpha value is -2.67. The van der Waals surface area contributed by atoms with Crippen molar-refractivity contribution in [3.8, 4) is 5.69 Å². The van der Waals surface area contributed by atoms with Gasteiger partial charge in [-0.1, -0.05) is 30.0 Å². The fraction of sp³-hybridized carbons (Fsp3) is 0.364. The molecule has 29 heavy (non-hydrogen) atoms. The van der Waals surface area contributed by atoms with Gasteiger partial charge in [0, 0.05) is 17.2 Å². The number of benzene rings is 1. The predicted octanol–water partition coefficient (Wildman–Crippen LogP) is 4.66. The van der Waals surface area contributed by atoms with E-state index in [0.29, 0.717) is 27.9 Å². The van der Waals surface area contributed by atoms with Gasteiger partial charge < -0.3 is 4.98 Å². The van der Waals surface area contributed by atoms with Gasteiger partial charge in [0.2, 0.25) is 5.16 Å². The van der Waals surface area contributed by atoms with Gasteiger partial charge in [-0.3, -0.25) is 9.59 Å². The third-order valence-corrected chi connectivity index (χ3v) is 6.19. The van der Waals surface area contributed by atoms with Crippen molar-refractivity contribution in [1.29, 1.82) is 0 Å². The minimum atomic E-state index is -0.370. The van der Waals surface area contributed by atoms with Crippen molar-refractivity contribution in [1.82, 2.24) is 19.7 Å². The number of nitrogens with zero attached hydrogens (tertiary/aromatic N) is 3. The van der Waals surface area contributed by atoms with E-state index in [1.54, 1.807) is 0 Å². The smallest absolute Gasteiger partial charge is 0.209 e. The van der Waals surface area contributed by atoms with E-state index in [0.717, 1.165) is 30.0 Å². The Morgan fingerprint density at radius 1 is 1.21 bits per heavy atom. The summed E-state index contributed by atoms with van der Waals surface area (Å²) in [5, 5.41) is 4.91. The number of carbonyl (C=O) groups is 2. The maximum atomic E-state index is 13.0. The van der Waals surface area contributed by atoms with E-state index >= 15 is 0 Å². The normalized spacial score (nSPS) is 14.8. The Bertz CT molecular complexity index is 1080. The quantitative estimate of drug-likeness (QED) is 0.454. The first kappa shape index (κ1) is 19.6. The Morgan fingerprint density at radius 2 is 1.90 bits per heavy atom. The van der Waals surface area contributed by atoms with Crippen molar-refractivity contribution in [2.45, 2.75) is 56.9 Å². The minimum absolute atomic E-state index is 0.0343. The van der Waals surface area contributed by atoms with Crippen LogP contribution in [-0.4, -0.2) is 36.6 Å². The second kappa shape index (κ2) is 7.63. The van der Waals surface area contributed by atoms with Crippen LogP contribution in [0, 0.1) is 13.8 Å². The van der Waals surface area contributed by atoms with Crippen molar-refractivity contribution in [2.75, 3.05) is 0 Å². The van der Waals surface area contributed by atoms with Crippen molar-refractivity contribution in [3.05, 3.63) is 58.7 Å². The van der Waals surface area contributed by atoms with E-state index in [-0.39, 0.29) is 16.8 Å². The summed E-state index contributed by atoms with van der Waals surface area (Å²) < 4.78 is 1.90. The van der Waals surface area contributed by atoms with Crippen LogP contribution in [0.2, 0.25) is 0 Å². The first-order valence-corrected chi connectivity index (χ1v) is 10.7. The van der Waals surface area contributed by atoms with Crippen molar-refractivity contribution >= 4 is 23.3 Å². The number of H-pyrrole nitrogens is 1. The first-order valence-electron chi connectivity index (χ1n) is 9.80. The molecule has 4 rings (SSSR count). The van der Waals surface area contributed by atoms with Crippen LogP contribution in [-0.2, 0) is 0 Å². The van der Waals surface area contributed by atoms with Crippen LogP contribution in [0.5, 0.6) is 0 Å². The summed E-state index contributed by atoms with van der Waals surface area (Å²) in [6, 6.07) is 9.96. The van der Waals surface area contributed by atoms with Gasteiger partial charge in [0.15, 0.2) is 11.6 Å². The van der Waals surface area contributed by atoms with E-state index < -0.39 is 0 Å². The molecule has 1 aliphatic carbocycles. The molecule has 6 nitrogen and oxygen atoms in total. The zero-order valence-corrected chi connectivity index (χ0v) is 17.8. The number of aryl methyl sites for hydroxylation is 1. The molecule has 1 atom stereocenters. The third-order valence-electron chi connectivity index (χ3n) is 5.24. The molecule has 2 heterocycles. The van der Waals surface area contributed by atoms with Gasteiger partial charge in [-0.2, -0.15) is 0 Å². The topological polar surface area (TPSA) is 80.6 Å². The molecule has 3 aromatic rings. The number of thioether (sulfide) groups is 1. The van der Waals surface area contributed by atoms with Gasteiger partial charge in [-0.05, 0) is 58.2 Å². The number of rotatable bonds is 7. The number of para-hydroxylation sites is 1. The maximum Gasteiger partial charge on any atom is 0.209 e. The number of aromatic amines is 1. The Kier molecular flexibility index (Phi) is 5.17. The van der Waals surface area contributed by atoms with Crippen molar-refractivity contribution in [2.24, 2.45) is 0 Å². The number of hydrogen-bond acceptors (Lipinski definition) is 5. The molecule has 1 saturated carbocycles. The minimum Gasteiger partial charge on any atom is -0.355 e. The lowest BCUT2D eigenvalue weighted by atomic mass is 10.0. The van der Waals surface area contributed by atoms with E-state index in [9.17, 15) is 9.59 Å². The molecule has 1 unspecified atom stereocenters. The van der Waals surface area contributed by atoms with Gasteiger partial charge in [-0.15, -0.1) is 5.10 Å². The summed E-state index contributed by atoms with van der Waals surface area (Å²) in [4.78, 5) is 32.7. The summed E-state index contributed by atoms with van der Waals surface area (Å²) in [6.45, 7) is 7.02. The van der Waals surface area contributed by atoms with Gasteiger partial charge >= 0.3 is 0 Å². The molecule has 0 aliphatic heterocycles. The summed E-state index contributed by atoms with van der Waals surface area (Å²) in [6.07, 6.45) is 2.25. The molecule has 0 radical (unpaired) electrons. The molecule has 0 spiro atoms. The zero-order chi connectivity index (χ0) is 20.7. The highest BCUT2D eigenvalue weighted by molar-refractivity contribution is 8.00. The average Bonchev–Trinajstić information content (AvgIpc) is 3.38. The Labute approximate surface area is 174 Å². The second-order valence-electron chi connectivity index (χ2n) is 7.58. The summed E-state index contributed by atoms with van der Waals surface area (Å²) in [5.41, 5.74) is 3.53. The van der Waals surface area contributed by atoms with Gasteiger partial charge in [0.05, 0.1) is 16.6 Å². The molecule has 0 saturated heterocycles. The lowest BCUT2D eigenvalue weighted by Crippen LogP contribution is -2.15. The van der Waals surface area contributed by atoms with Crippen LogP contribution in [0.4, 0.5) is 0 Å². The van der Waals surface area contributed by atoms with Gasteiger partial charge in [-0.25, -0.2) is 9.67 Å². The van der Waals surface area contributed by atoms with E-state index in [2.05, 4.69) is 10.1 Å². The van der Waals surface area contributed by atoms with E-state index in [1.165, 1.54) is 18.7 Å². The molecule has 2 aromatic heterocycles. The SMILES string of the molecule is CC(=O)c1c(C)[nH]c(C(=O)C(C)Sc2nc(C3CC3)n(-c3ccccc3)n2)c1C. The fourth-order valence-corrected chi connectivity index (χ4v) is 4.47. The Balaban J connectivity index is 1.59. The number of nitrogens with one attached hydrogen (secondary N) is 1. The number of Topliss-reactive ketones (excluding diaryl/α,β-unsaturated/α-hetero) is 2. The van der Waals surface area contributed by atoms with Gasteiger partial charge in [0.25, 0.3) is 0 Å². The second-order valence-corrected chi connectivity index (χ2v) is 8.89. The van der Waals surface area contributed by atoms with Crippen LogP contribution in [0.3, 0.4) is 0 Å². The van der Waals surface area contributed by atoms with Crippen LogP contribution >= 0.6 is 11.8 Å². The molecule has 0 bridgehead atoms. The summed E-state index contributed by atoms with van der Waals surface area (Å²) in [5.74, 6) is 1.32. The third kappa shape index (κ3) is 3.79. The highest BCUT2D eigenvalue weighted by atomic mass is 32.2. The Morgan fingerprint density at radius 3 is 2.48 bits per heavy atom. The monoisotopic (exact) mass is 408 g/mol. The molecule has 0 amide bonds. The predicted molar refractivity (Wildman–Crippen MR) is 113 cm³/mol. The molecule has 1 fully saturated rings. The standard InChI is InChI=1S/C22H24N4O2S/c1-12-18(14(3)27)13(2)23-19(12)20(28)15(4)29-22-24-21(16-10-11-16)26(25-22)17-8-6-5-7-9-17/h5-9,15-16,23H,10-11H2,1-4H3. The van der Waals surface area contributed by atoms with Crippen LogP contribution < -0.4 is 0 Å². The highest BCUT2D eigenvalue weighted by Gasteiger charge is 2.31. The lowest BCUT2D eigenvalue weighted by Gasteiger charge is -2.07. The molecule has 1 N–H and O–H groups in total. The molecular weight excluding hydrogens is 384 g/mol. The maximum absolute atomic E-state index is 13.0.